The van der Waals surface area contributed by atoms with Crippen LogP contribution in [0.15, 0.2) is 42.5 Å². The van der Waals surface area contributed by atoms with Gasteiger partial charge in [0.1, 0.15) is 11.6 Å². The Morgan fingerprint density at radius 3 is 2.23 bits per heavy atom. The number of carbonyl (C=O) groups is 2. The SMILES string of the molecule is CCC(C(=O)NC(Cc1ccc(O)c(C(C)(C)C)c1)CS(N)(=O)=O)C(N)N(C)C(=O)C(C)c1ccc(F)cc1. The molecule has 0 radical (unpaired) electrons. The van der Waals surface area contributed by atoms with E-state index < -0.39 is 51.5 Å². The molecule has 4 atom stereocenters. The zero-order valence-electron chi connectivity index (χ0n) is 23.4. The number of aromatic hydroxyl groups is 1. The minimum atomic E-state index is -3.95. The predicted molar refractivity (Wildman–Crippen MR) is 150 cm³/mol. The van der Waals surface area contributed by atoms with Crippen molar-refractivity contribution in [2.24, 2.45) is 16.8 Å². The van der Waals surface area contributed by atoms with Crippen LogP contribution < -0.4 is 16.2 Å². The fraction of sp³-hybridized carbons (Fsp3) is 0.500. The minimum Gasteiger partial charge on any atom is -0.508 e. The Balaban J connectivity index is 2.23. The highest BCUT2D eigenvalue weighted by molar-refractivity contribution is 7.89. The maximum atomic E-state index is 13.3. The summed E-state index contributed by atoms with van der Waals surface area (Å²) in [6, 6.07) is 9.70. The molecule has 0 aliphatic heterocycles. The lowest BCUT2D eigenvalue weighted by Gasteiger charge is -2.33. The Morgan fingerprint density at radius 1 is 1.13 bits per heavy atom. The number of rotatable bonds is 11. The van der Waals surface area contributed by atoms with Crippen LogP contribution in [0.25, 0.3) is 0 Å². The van der Waals surface area contributed by atoms with Crippen LogP contribution in [0, 0.1) is 11.7 Å². The number of benzene rings is 2. The Bertz CT molecular complexity index is 1260. The van der Waals surface area contributed by atoms with E-state index in [4.69, 9.17) is 10.9 Å². The summed E-state index contributed by atoms with van der Waals surface area (Å²) < 4.78 is 37.3. The third-order valence-corrected chi connectivity index (χ3v) is 7.72. The van der Waals surface area contributed by atoms with E-state index in [1.54, 1.807) is 32.0 Å². The number of nitrogens with one attached hydrogen (secondary N) is 1. The van der Waals surface area contributed by atoms with Gasteiger partial charge in [-0.05, 0) is 60.1 Å². The van der Waals surface area contributed by atoms with Gasteiger partial charge in [-0.3, -0.25) is 9.59 Å². The number of nitrogens with zero attached hydrogens (tertiary/aromatic N) is 1. The third kappa shape index (κ3) is 9.01. The number of sulfonamides is 1. The molecular weight excluding hydrogens is 523 g/mol. The zero-order chi connectivity index (χ0) is 29.7. The van der Waals surface area contributed by atoms with E-state index in [1.165, 1.54) is 36.2 Å². The van der Waals surface area contributed by atoms with Crippen molar-refractivity contribution in [1.82, 2.24) is 10.2 Å². The number of halogens is 1. The molecule has 0 saturated heterocycles. The second-order valence-electron chi connectivity index (χ2n) is 11.1. The summed E-state index contributed by atoms with van der Waals surface area (Å²) in [4.78, 5) is 27.7. The second kappa shape index (κ2) is 12.9. The van der Waals surface area contributed by atoms with Crippen molar-refractivity contribution < 1.29 is 27.5 Å². The largest absolute Gasteiger partial charge is 0.508 e. The average Bonchev–Trinajstić information content (AvgIpc) is 2.82. The lowest BCUT2D eigenvalue weighted by Crippen LogP contribution is -2.55. The first-order valence-electron chi connectivity index (χ1n) is 12.9. The van der Waals surface area contributed by atoms with Gasteiger partial charge in [0.25, 0.3) is 0 Å². The lowest BCUT2D eigenvalue weighted by atomic mass is 9.85. The lowest BCUT2D eigenvalue weighted by molar-refractivity contribution is -0.137. The summed E-state index contributed by atoms with van der Waals surface area (Å²) in [7, 11) is -2.45. The van der Waals surface area contributed by atoms with Crippen molar-refractivity contribution in [2.75, 3.05) is 12.8 Å². The average molecular weight is 565 g/mol. The standard InChI is InChI=1S/C28H41FN4O5S/c1-7-22(25(30)33(6)27(36)17(2)19-9-11-20(29)12-10-19)26(35)32-21(16-39(31,37)38)14-18-8-13-24(34)23(15-18)28(3,4)5/h8-13,15,17,21-22,25,34H,7,14,16,30H2,1-6H3,(H,32,35)(H2,31,37,38). The first kappa shape index (κ1) is 32.2. The summed E-state index contributed by atoms with van der Waals surface area (Å²) in [5.41, 5.74) is 8.01. The highest BCUT2D eigenvalue weighted by Crippen LogP contribution is 2.31. The van der Waals surface area contributed by atoms with Crippen molar-refractivity contribution in [3.8, 4) is 5.75 Å². The van der Waals surface area contributed by atoms with Gasteiger partial charge in [0.15, 0.2) is 0 Å². The fourth-order valence-corrected chi connectivity index (χ4v) is 5.30. The summed E-state index contributed by atoms with van der Waals surface area (Å²) in [6.45, 7) is 9.24. The van der Waals surface area contributed by atoms with Crippen molar-refractivity contribution in [1.29, 1.82) is 0 Å². The number of hydrogen-bond acceptors (Lipinski definition) is 6. The number of phenols is 1. The van der Waals surface area contributed by atoms with Gasteiger partial charge in [0.05, 0.1) is 23.8 Å². The topological polar surface area (TPSA) is 156 Å². The van der Waals surface area contributed by atoms with Gasteiger partial charge in [-0.1, -0.05) is 52.0 Å². The highest BCUT2D eigenvalue weighted by atomic mass is 32.2. The van der Waals surface area contributed by atoms with Gasteiger partial charge in [-0.25, -0.2) is 17.9 Å². The molecule has 0 aliphatic rings. The van der Waals surface area contributed by atoms with Gasteiger partial charge in [0.2, 0.25) is 21.8 Å². The molecule has 0 aromatic heterocycles. The number of amides is 2. The van der Waals surface area contributed by atoms with E-state index in [2.05, 4.69) is 5.32 Å². The molecule has 216 valence electrons. The van der Waals surface area contributed by atoms with Gasteiger partial charge >= 0.3 is 0 Å². The van der Waals surface area contributed by atoms with Gasteiger partial charge < -0.3 is 21.1 Å². The number of phenolic OH excluding ortho intramolecular Hbond substituents is 1. The van der Waals surface area contributed by atoms with Crippen molar-refractivity contribution in [3.63, 3.8) is 0 Å². The number of nitrogens with two attached hydrogens (primary N) is 2. The molecule has 0 fully saturated rings. The summed E-state index contributed by atoms with van der Waals surface area (Å²) in [6.07, 6.45) is -0.569. The maximum absolute atomic E-state index is 13.3. The summed E-state index contributed by atoms with van der Waals surface area (Å²) in [5, 5.41) is 18.4. The smallest absolute Gasteiger partial charge is 0.230 e. The van der Waals surface area contributed by atoms with Crippen LogP contribution in [0.1, 0.15) is 63.6 Å². The van der Waals surface area contributed by atoms with E-state index >= 15 is 0 Å². The molecule has 0 bridgehead atoms. The molecule has 2 amide bonds. The molecule has 0 heterocycles. The number of likely N-dealkylation sites (N-methyl/N-ethyl adjacent to an activating group) is 1. The van der Waals surface area contributed by atoms with E-state index in [-0.39, 0.29) is 29.9 Å². The number of primary sulfonamides is 1. The Hall–Kier alpha value is -3.02. The molecule has 2 aromatic carbocycles. The van der Waals surface area contributed by atoms with E-state index in [1.807, 2.05) is 20.8 Å². The molecule has 4 unspecified atom stereocenters. The van der Waals surface area contributed by atoms with E-state index in [0.29, 0.717) is 16.7 Å². The molecule has 39 heavy (non-hydrogen) atoms. The molecular formula is C28H41FN4O5S. The third-order valence-electron chi connectivity index (χ3n) is 6.86. The first-order chi connectivity index (χ1) is 17.9. The van der Waals surface area contributed by atoms with Crippen LogP contribution in [0.5, 0.6) is 5.75 Å². The number of hydrogen-bond donors (Lipinski definition) is 4. The minimum absolute atomic E-state index is 0.123. The van der Waals surface area contributed by atoms with Crippen molar-refractivity contribution >= 4 is 21.8 Å². The quantitative estimate of drug-likeness (QED) is 0.308. The Morgan fingerprint density at radius 2 is 1.72 bits per heavy atom. The van der Waals surface area contributed by atoms with E-state index in [0.717, 1.165) is 0 Å². The van der Waals surface area contributed by atoms with Gasteiger partial charge in [0, 0.05) is 13.1 Å². The predicted octanol–water partition coefficient (Wildman–Crippen LogP) is 2.72. The molecule has 2 rings (SSSR count). The maximum Gasteiger partial charge on any atom is 0.230 e. The fourth-order valence-electron chi connectivity index (χ4n) is 4.53. The van der Waals surface area contributed by atoms with Crippen LogP contribution in [0.2, 0.25) is 0 Å². The molecule has 2 aromatic rings. The van der Waals surface area contributed by atoms with Crippen molar-refractivity contribution in [3.05, 3.63) is 65.0 Å². The van der Waals surface area contributed by atoms with Gasteiger partial charge in [-0.2, -0.15) is 0 Å². The molecule has 9 nitrogen and oxygen atoms in total. The Kier molecular flexibility index (Phi) is 10.6. The Labute approximate surface area is 230 Å². The van der Waals surface area contributed by atoms with E-state index in [9.17, 15) is 27.5 Å². The van der Waals surface area contributed by atoms with Crippen LogP contribution >= 0.6 is 0 Å². The first-order valence-corrected chi connectivity index (χ1v) is 14.6. The normalized spacial score (nSPS) is 15.2. The molecule has 0 aliphatic carbocycles. The van der Waals surface area contributed by atoms with Crippen LogP contribution in [-0.4, -0.2) is 55.2 Å². The zero-order valence-corrected chi connectivity index (χ0v) is 24.3. The summed E-state index contributed by atoms with van der Waals surface area (Å²) >= 11 is 0. The van der Waals surface area contributed by atoms with Crippen molar-refractivity contribution in [2.45, 2.75) is 71.0 Å². The molecule has 6 N–H and O–H groups in total. The molecule has 0 saturated carbocycles. The van der Waals surface area contributed by atoms with Crippen LogP contribution in [0.3, 0.4) is 0 Å². The monoisotopic (exact) mass is 564 g/mol. The van der Waals surface area contributed by atoms with Crippen LogP contribution in [0.4, 0.5) is 4.39 Å². The molecule has 0 spiro atoms. The van der Waals surface area contributed by atoms with Crippen LogP contribution in [-0.2, 0) is 31.4 Å². The highest BCUT2D eigenvalue weighted by Gasteiger charge is 2.33. The number of carbonyl (C=O) groups excluding carboxylic acids is 2. The second-order valence-corrected chi connectivity index (χ2v) is 12.7. The van der Waals surface area contributed by atoms with Gasteiger partial charge in [-0.15, -0.1) is 0 Å². The molecule has 11 heteroatoms. The summed E-state index contributed by atoms with van der Waals surface area (Å²) in [5.74, 6) is -3.12.